The first-order valence-electron chi connectivity index (χ1n) is 5.30. The molecule has 2 aromatic rings. The quantitative estimate of drug-likeness (QED) is 0.804. The van der Waals surface area contributed by atoms with Gasteiger partial charge in [-0.2, -0.15) is 10.2 Å². The third-order valence-electron chi connectivity index (χ3n) is 2.47. The van der Waals surface area contributed by atoms with Gasteiger partial charge in [0.15, 0.2) is 0 Å². The summed E-state index contributed by atoms with van der Waals surface area (Å²) in [7, 11) is 1.89. The monoisotopic (exact) mass is 228 g/mol. The summed E-state index contributed by atoms with van der Waals surface area (Å²) >= 11 is 0. The van der Waals surface area contributed by atoms with Gasteiger partial charge in [0.05, 0.1) is 11.6 Å². The van der Waals surface area contributed by atoms with Crippen molar-refractivity contribution in [3.05, 3.63) is 29.8 Å². The van der Waals surface area contributed by atoms with Gasteiger partial charge in [-0.15, -0.1) is 0 Å². The molecular weight excluding hydrogens is 216 g/mol. The summed E-state index contributed by atoms with van der Waals surface area (Å²) in [5.74, 6) is 0.974. The fourth-order valence-corrected chi connectivity index (χ4v) is 1.35. The lowest BCUT2D eigenvalue weighted by Crippen LogP contribution is -2.16. The van der Waals surface area contributed by atoms with E-state index in [4.69, 9.17) is 9.78 Å². The van der Waals surface area contributed by atoms with Crippen molar-refractivity contribution in [1.82, 2.24) is 10.1 Å². The summed E-state index contributed by atoms with van der Waals surface area (Å²) in [6.45, 7) is 2.81. The molecule has 0 saturated carbocycles. The first-order chi connectivity index (χ1) is 8.24. The Kier molecular flexibility index (Phi) is 3.06. The van der Waals surface area contributed by atoms with Crippen LogP contribution in [0.5, 0.6) is 0 Å². The van der Waals surface area contributed by atoms with E-state index >= 15 is 0 Å². The van der Waals surface area contributed by atoms with E-state index in [-0.39, 0.29) is 0 Å². The van der Waals surface area contributed by atoms with E-state index in [1.54, 1.807) is 18.2 Å². The number of nitriles is 1. The lowest BCUT2D eigenvalue weighted by molar-refractivity contribution is 0.430. The molecule has 17 heavy (non-hydrogen) atoms. The molecule has 0 radical (unpaired) electrons. The lowest BCUT2D eigenvalue weighted by atomic mass is 10.1. The Hall–Kier alpha value is -2.35. The van der Waals surface area contributed by atoms with Crippen LogP contribution in [0.3, 0.4) is 0 Å². The molecule has 0 bridgehead atoms. The molecule has 0 atom stereocenters. The SMILES string of the molecule is CCN(C)c1noc(-c2cccc(C#N)c2)n1. The van der Waals surface area contributed by atoms with E-state index in [2.05, 4.69) is 16.2 Å². The van der Waals surface area contributed by atoms with Gasteiger partial charge in [0, 0.05) is 19.2 Å². The molecule has 0 N–H and O–H groups in total. The summed E-state index contributed by atoms with van der Waals surface area (Å²) in [5, 5.41) is 12.7. The van der Waals surface area contributed by atoms with E-state index in [0.29, 0.717) is 17.4 Å². The minimum Gasteiger partial charge on any atom is -0.342 e. The van der Waals surface area contributed by atoms with Crippen molar-refractivity contribution in [3.8, 4) is 17.5 Å². The standard InChI is InChI=1S/C12H12N4O/c1-3-16(2)12-14-11(17-15-12)10-6-4-5-9(7-10)8-13/h4-7H,3H2,1-2H3. The molecule has 1 aromatic carbocycles. The van der Waals surface area contributed by atoms with Gasteiger partial charge in [0.1, 0.15) is 0 Å². The van der Waals surface area contributed by atoms with Gasteiger partial charge in [-0.3, -0.25) is 0 Å². The number of rotatable bonds is 3. The van der Waals surface area contributed by atoms with Crippen molar-refractivity contribution in [2.75, 3.05) is 18.5 Å². The summed E-state index contributed by atoms with van der Waals surface area (Å²) < 4.78 is 5.16. The van der Waals surface area contributed by atoms with Crippen LogP contribution in [0.4, 0.5) is 5.95 Å². The molecule has 5 heteroatoms. The highest BCUT2D eigenvalue weighted by atomic mass is 16.5. The van der Waals surface area contributed by atoms with E-state index in [1.165, 1.54) is 0 Å². The molecular formula is C12H12N4O. The average molecular weight is 228 g/mol. The van der Waals surface area contributed by atoms with Gasteiger partial charge in [0.2, 0.25) is 0 Å². The highest BCUT2D eigenvalue weighted by molar-refractivity contribution is 5.57. The molecule has 0 amide bonds. The molecule has 0 unspecified atom stereocenters. The first-order valence-corrected chi connectivity index (χ1v) is 5.30. The predicted octanol–water partition coefficient (Wildman–Crippen LogP) is 2.06. The summed E-state index contributed by atoms with van der Waals surface area (Å²) in [6.07, 6.45) is 0. The maximum atomic E-state index is 8.82. The largest absolute Gasteiger partial charge is 0.342 e. The molecule has 1 heterocycles. The Balaban J connectivity index is 2.34. The van der Waals surface area contributed by atoms with Crippen molar-refractivity contribution in [3.63, 3.8) is 0 Å². The van der Waals surface area contributed by atoms with Gasteiger partial charge in [0.25, 0.3) is 11.8 Å². The van der Waals surface area contributed by atoms with Crippen LogP contribution in [-0.4, -0.2) is 23.7 Å². The Morgan fingerprint density at radius 3 is 3.00 bits per heavy atom. The number of benzene rings is 1. The third-order valence-corrected chi connectivity index (χ3v) is 2.47. The number of hydrogen-bond acceptors (Lipinski definition) is 5. The normalized spacial score (nSPS) is 9.94. The first kappa shape index (κ1) is 11.1. The predicted molar refractivity (Wildman–Crippen MR) is 63.4 cm³/mol. The van der Waals surface area contributed by atoms with Crippen LogP contribution in [0, 0.1) is 11.3 Å². The minimum atomic E-state index is 0.428. The molecule has 86 valence electrons. The molecule has 0 spiro atoms. The van der Waals surface area contributed by atoms with E-state index in [9.17, 15) is 0 Å². The highest BCUT2D eigenvalue weighted by Gasteiger charge is 2.11. The van der Waals surface area contributed by atoms with Crippen molar-refractivity contribution in [2.24, 2.45) is 0 Å². The second-order valence-corrected chi connectivity index (χ2v) is 3.61. The summed E-state index contributed by atoms with van der Waals surface area (Å²) in [5.41, 5.74) is 1.33. The smallest absolute Gasteiger partial charge is 0.266 e. The fourth-order valence-electron chi connectivity index (χ4n) is 1.35. The Morgan fingerprint density at radius 2 is 2.29 bits per heavy atom. The van der Waals surface area contributed by atoms with Gasteiger partial charge >= 0.3 is 0 Å². The molecule has 0 aliphatic rings. The van der Waals surface area contributed by atoms with Crippen LogP contribution in [-0.2, 0) is 0 Å². The van der Waals surface area contributed by atoms with Crippen LogP contribution in [0.15, 0.2) is 28.8 Å². The third kappa shape index (κ3) is 2.26. The molecule has 5 nitrogen and oxygen atoms in total. The maximum Gasteiger partial charge on any atom is 0.266 e. The highest BCUT2D eigenvalue weighted by Crippen LogP contribution is 2.20. The van der Waals surface area contributed by atoms with Crippen molar-refractivity contribution in [2.45, 2.75) is 6.92 Å². The maximum absolute atomic E-state index is 8.82. The number of hydrogen-bond donors (Lipinski definition) is 0. The fraction of sp³-hybridized carbons (Fsp3) is 0.250. The average Bonchev–Trinajstić information content (AvgIpc) is 2.87. The van der Waals surface area contributed by atoms with Crippen molar-refractivity contribution >= 4 is 5.95 Å². The zero-order valence-electron chi connectivity index (χ0n) is 9.71. The molecule has 0 aliphatic heterocycles. The zero-order valence-corrected chi connectivity index (χ0v) is 9.71. The lowest BCUT2D eigenvalue weighted by Gasteiger charge is -2.08. The van der Waals surface area contributed by atoms with Crippen LogP contribution in [0.25, 0.3) is 11.5 Å². The number of aromatic nitrogens is 2. The summed E-state index contributed by atoms with van der Waals surface area (Å²) in [4.78, 5) is 6.14. The van der Waals surface area contributed by atoms with Gasteiger partial charge in [-0.05, 0) is 30.3 Å². The second-order valence-electron chi connectivity index (χ2n) is 3.61. The Labute approximate surface area is 99.3 Å². The minimum absolute atomic E-state index is 0.428. The van der Waals surface area contributed by atoms with Gasteiger partial charge < -0.3 is 9.42 Å². The zero-order chi connectivity index (χ0) is 12.3. The Morgan fingerprint density at radius 1 is 1.47 bits per heavy atom. The van der Waals surface area contributed by atoms with E-state index in [0.717, 1.165) is 12.1 Å². The molecule has 2 rings (SSSR count). The van der Waals surface area contributed by atoms with Crippen LogP contribution < -0.4 is 4.90 Å². The number of anilines is 1. The van der Waals surface area contributed by atoms with Crippen LogP contribution in [0.2, 0.25) is 0 Å². The van der Waals surface area contributed by atoms with E-state index < -0.39 is 0 Å². The summed E-state index contributed by atoms with van der Waals surface area (Å²) in [6, 6.07) is 9.17. The van der Waals surface area contributed by atoms with Gasteiger partial charge in [-0.25, -0.2) is 0 Å². The topological polar surface area (TPSA) is 66.0 Å². The number of nitrogens with zero attached hydrogens (tertiary/aromatic N) is 4. The molecule has 1 aromatic heterocycles. The van der Waals surface area contributed by atoms with Crippen molar-refractivity contribution < 1.29 is 4.52 Å². The van der Waals surface area contributed by atoms with Gasteiger partial charge in [-0.1, -0.05) is 6.07 Å². The molecule has 0 aliphatic carbocycles. The Bertz CT molecular complexity index is 556. The van der Waals surface area contributed by atoms with E-state index in [1.807, 2.05) is 24.9 Å². The van der Waals surface area contributed by atoms with Crippen molar-refractivity contribution in [1.29, 1.82) is 5.26 Å². The van der Waals surface area contributed by atoms with Crippen LogP contribution >= 0.6 is 0 Å². The molecule has 0 fully saturated rings. The molecule has 0 saturated heterocycles. The second kappa shape index (κ2) is 4.66. The van der Waals surface area contributed by atoms with Crippen LogP contribution in [0.1, 0.15) is 12.5 Å².